The van der Waals surface area contributed by atoms with E-state index in [0.29, 0.717) is 18.4 Å². The third-order valence-corrected chi connectivity index (χ3v) is 3.62. The first kappa shape index (κ1) is 17.4. The van der Waals surface area contributed by atoms with Crippen LogP contribution in [-0.4, -0.2) is 48.2 Å². The highest BCUT2D eigenvalue weighted by atomic mass is 16.4. The Morgan fingerprint density at radius 1 is 1.35 bits per heavy atom. The number of nitrogens with zero attached hydrogens (tertiary/aromatic N) is 1. The molecule has 0 amide bonds. The predicted octanol–water partition coefficient (Wildman–Crippen LogP) is 2.44. The first-order valence-electron chi connectivity index (χ1n) is 7.83. The van der Waals surface area contributed by atoms with Gasteiger partial charge in [0.25, 0.3) is 0 Å². The molecule has 0 radical (unpaired) electrons. The van der Waals surface area contributed by atoms with Crippen LogP contribution >= 0.6 is 0 Å². The van der Waals surface area contributed by atoms with E-state index < -0.39 is 5.97 Å². The number of carbonyl (C=O) groups is 1. The average Bonchev–Trinajstić information content (AvgIpc) is 2.23. The van der Waals surface area contributed by atoms with Crippen LogP contribution in [0.3, 0.4) is 0 Å². The van der Waals surface area contributed by atoms with E-state index in [1.807, 2.05) is 0 Å². The molecule has 0 saturated carbocycles. The van der Waals surface area contributed by atoms with Crippen LogP contribution in [0, 0.1) is 17.3 Å². The molecule has 1 aliphatic heterocycles. The smallest absolute Gasteiger partial charge is 0.303 e. The lowest BCUT2D eigenvalue weighted by atomic mass is 9.89. The minimum Gasteiger partial charge on any atom is -0.481 e. The summed E-state index contributed by atoms with van der Waals surface area (Å²) in [4.78, 5) is 13.4. The van der Waals surface area contributed by atoms with Crippen LogP contribution in [0.25, 0.3) is 0 Å². The van der Waals surface area contributed by atoms with Crippen molar-refractivity contribution in [1.82, 2.24) is 10.2 Å². The standard InChI is InChI=1S/C16H32N2O2/c1-12(2)8-18-9-13(7-15(19)20)6-14(10-18)17-11-16(3,4)5/h12-14,17H,6-11H2,1-5H3,(H,19,20). The zero-order valence-electron chi connectivity index (χ0n) is 13.8. The molecule has 0 spiro atoms. The fourth-order valence-electron chi connectivity index (χ4n) is 2.96. The van der Waals surface area contributed by atoms with Crippen LogP contribution in [0.5, 0.6) is 0 Å². The van der Waals surface area contributed by atoms with Crippen molar-refractivity contribution in [2.45, 2.75) is 53.5 Å². The Bertz CT molecular complexity index is 310. The fourth-order valence-corrected chi connectivity index (χ4v) is 2.96. The Morgan fingerprint density at radius 3 is 2.50 bits per heavy atom. The molecule has 1 fully saturated rings. The minimum absolute atomic E-state index is 0.266. The number of rotatable bonds is 6. The number of hydrogen-bond acceptors (Lipinski definition) is 3. The highest BCUT2D eigenvalue weighted by Crippen LogP contribution is 2.22. The molecule has 2 N–H and O–H groups in total. The van der Waals surface area contributed by atoms with Gasteiger partial charge in [0.05, 0.1) is 0 Å². The van der Waals surface area contributed by atoms with Crippen molar-refractivity contribution in [2.24, 2.45) is 17.3 Å². The number of likely N-dealkylation sites (tertiary alicyclic amines) is 1. The summed E-state index contributed by atoms with van der Waals surface area (Å²) in [6.07, 6.45) is 1.28. The molecule has 0 aromatic rings. The molecule has 4 heteroatoms. The highest BCUT2D eigenvalue weighted by Gasteiger charge is 2.29. The third kappa shape index (κ3) is 7.25. The van der Waals surface area contributed by atoms with Crippen LogP contribution in [0.1, 0.15) is 47.5 Å². The second kappa shape index (κ2) is 7.41. The Morgan fingerprint density at radius 2 is 2.00 bits per heavy atom. The van der Waals surface area contributed by atoms with Gasteiger partial charge in [-0.2, -0.15) is 0 Å². The van der Waals surface area contributed by atoms with Gasteiger partial charge in [-0.05, 0) is 23.7 Å². The second-order valence-electron chi connectivity index (χ2n) is 7.95. The Labute approximate surface area is 123 Å². The van der Waals surface area contributed by atoms with Crippen molar-refractivity contribution in [3.63, 3.8) is 0 Å². The van der Waals surface area contributed by atoms with Gasteiger partial charge in [0.1, 0.15) is 0 Å². The van der Waals surface area contributed by atoms with E-state index in [1.54, 1.807) is 0 Å². The normalized spacial score (nSPS) is 25.1. The fraction of sp³-hybridized carbons (Fsp3) is 0.938. The zero-order valence-corrected chi connectivity index (χ0v) is 13.8. The average molecular weight is 284 g/mol. The first-order chi connectivity index (χ1) is 9.15. The number of nitrogens with one attached hydrogen (secondary N) is 1. The van der Waals surface area contributed by atoms with E-state index in [1.165, 1.54) is 0 Å². The maximum atomic E-state index is 11.0. The summed E-state index contributed by atoms with van der Waals surface area (Å²) in [7, 11) is 0. The van der Waals surface area contributed by atoms with Crippen LogP contribution < -0.4 is 5.32 Å². The number of carboxylic acid groups (broad SMARTS) is 1. The molecule has 1 aliphatic rings. The molecule has 0 aromatic carbocycles. The van der Waals surface area contributed by atoms with E-state index in [4.69, 9.17) is 5.11 Å². The van der Waals surface area contributed by atoms with Gasteiger partial charge in [0, 0.05) is 38.6 Å². The molecule has 20 heavy (non-hydrogen) atoms. The van der Waals surface area contributed by atoms with Gasteiger partial charge in [-0.1, -0.05) is 34.6 Å². The van der Waals surface area contributed by atoms with Crippen LogP contribution in [0.2, 0.25) is 0 Å². The van der Waals surface area contributed by atoms with E-state index in [-0.39, 0.29) is 11.3 Å². The molecule has 1 heterocycles. The van der Waals surface area contributed by atoms with Gasteiger partial charge in [-0.15, -0.1) is 0 Å². The molecule has 1 saturated heterocycles. The highest BCUT2D eigenvalue weighted by molar-refractivity contribution is 5.67. The maximum absolute atomic E-state index is 11.0. The SMILES string of the molecule is CC(C)CN1CC(CC(=O)O)CC(NCC(C)(C)C)C1. The predicted molar refractivity (Wildman–Crippen MR) is 82.9 cm³/mol. The quantitative estimate of drug-likeness (QED) is 0.786. The third-order valence-electron chi connectivity index (χ3n) is 3.62. The van der Waals surface area contributed by atoms with E-state index in [9.17, 15) is 4.79 Å². The summed E-state index contributed by atoms with van der Waals surface area (Å²) < 4.78 is 0. The molecule has 1 rings (SSSR count). The van der Waals surface area contributed by atoms with E-state index in [2.05, 4.69) is 44.8 Å². The molecule has 0 aliphatic carbocycles. The van der Waals surface area contributed by atoms with Crippen molar-refractivity contribution < 1.29 is 9.90 Å². The van der Waals surface area contributed by atoms with Gasteiger partial charge in [-0.3, -0.25) is 4.79 Å². The summed E-state index contributed by atoms with van der Waals surface area (Å²) in [5, 5.41) is 12.7. The van der Waals surface area contributed by atoms with Gasteiger partial charge in [0.2, 0.25) is 0 Å². The molecule has 0 bridgehead atoms. The molecule has 118 valence electrons. The topological polar surface area (TPSA) is 52.6 Å². The number of piperidine rings is 1. The minimum atomic E-state index is -0.670. The summed E-state index contributed by atoms with van der Waals surface area (Å²) in [6, 6.07) is 0.422. The number of hydrogen-bond donors (Lipinski definition) is 2. The lowest BCUT2D eigenvalue weighted by Gasteiger charge is -2.39. The molecule has 0 aromatic heterocycles. The maximum Gasteiger partial charge on any atom is 0.303 e. The lowest BCUT2D eigenvalue weighted by molar-refractivity contribution is -0.138. The van der Waals surface area contributed by atoms with Crippen LogP contribution in [-0.2, 0) is 4.79 Å². The monoisotopic (exact) mass is 284 g/mol. The Kier molecular flexibility index (Phi) is 6.46. The number of carboxylic acids is 1. The molecular weight excluding hydrogens is 252 g/mol. The Balaban J connectivity index is 2.56. The zero-order chi connectivity index (χ0) is 15.3. The Hall–Kier alpha value is -0.610. The molecule has 2 unspecified atom stereocenters. The summed E-state index contributed by atoms with van der Waals surface area (Å²) in [6.45, 7) is 15.1. The van der Waals surface area contributed by atoms with Crippen LogP contribution in [0.4, 0.5) is 0 Å². The van der Waals surface area contributed by atoms with E-state index >= 15 is 0 Å². The van der Waals surface area contributed by atoms with E-state index in [0.717, 1.165) is 32.6 Å². The van der Waals surface area contributed by atoms with Gasteiger partial charge >= 0.3 is 5.97 Å². The van der Waals surface area contributed by atoms with Crippen molar-refractivity contribution in [3.8, 4) is 0 Å². The molecule has 2 atom stereocenters. The van der Waals surface area contributed by atoms with Crippen molar-refractivity contribution in [3.05, 3.63) is 0 Å². The number of aliphatic carboxylic acids is 1. The largest absolute Gasteiger partial charge is 0.481 e. The first-order valence-corrected chi connectivity index (χ1v) is 7.83. The summed E-state index contributed by atoms with van der Waals surface area (Å²) in [5.41, 5.74) is 0.266. The second-order valence-corrected chi connectivity index (χ2v) is 7.95. The van der Waals surface area contributed by atoms with Gasteiger partial charge in [0.15, 0.2) is 0 Å². The van der Waals surface area contributed by atoms with Crippen molar-refractivity contribution in [1.29, 1.82) is 0 Å². The molecular formula is C16H32N2O2. The van der Waals surface area contributed by atoms with Gasteiger partial charge < -0.3 is 15.3 Å². The summed E-state index contributed by atoms with van der Waals surface area (Å²) >= 11 is 0. The summed E-state index contributed by atoms with van der Waals surface area (Å²) in [5.74, 6) is 0.232. The van der Waals surface area contributed by atoms with Crippen molar-refractivity contribution >= 4 is 5.97 Å². The van der Waals surface area contributed by atoms with Crippen molar-refractivity contribution in [2.75, 3.05) is 26.2 Å². The van der Waals surface area contributed by atoms with Crippen LogP contribution in [0.15, 0.2) is 0 Å². The lowest BCUT2D eigenvalue weighted by Crippen LogP contribution is -2.51. The van der Waals surface area contributed by atoms with Gasteiger partial charge in [-0.25, -0.2) is 0 Å². The molecule has 4 nitrogen and oxygen atoms in total.